The van der Waals surface area contributed by atoms with Crippen LogP contribution in [-0.2, 0) is 4.74 Å². The molecule has 0 aliphatic carbocycles. The molecule has 5 nitrogen and oxygen atoms in total. The van der Waals surface area contributed by atoms with Crippen molar-refractivity contribution in [3.05, 3.63) is 30.3 Å². The Morgan fingerprint density at radius 3 is 2.67 bits per heavy atom. The molecule has 2 N–H and O–H groups in total. The first kappa shape index (κ1) is 18.6. The van der Waals surface area contributed by atoms with E-state index in [1.165, 1.54) is 0 Å². The third kappa shape index (κ3) is 5.71. The SMILES string of the molecule is CN=C(NCC(Nc1ccccc1)C(C)C)N(C)CC1CCOC1. The van der Waals surface area contributed by atoms with Crippen LogP contribution in [0.25, 0.3) is 0 Å². The van der Waals surface area contributed by atoms with E-state index < -0.39 is 0 Å². The van der Waals surface area contributed by atoms with Gasteiger partial charge in [0.15, 0.2) is 5.96 Å². The number of nitrogens with zero attached hydrogens (tertiary/aromatic N) is 2. The highest BCUT2D eigenvalue weighted by Crippen LogP contribution is 2.14. The summed E-state index contributed by atoms with van der Waals surface area (Å²) in [6.45, 7) is 8.06. The molecule has 0 amide bonds. The Kier molecular flexibility index (Phi) is 7.37. The number of anilines is 1. The fraction of sp³-hybridized carbons (Fsp3) is 0.632. The van der Waals surface area contributed by atoms with Crippen LogP contribution in [0.5, 0.6) is 0 Å². The molecule has 1 aromatic carbocycles. The number of hydrogen-bond donors (Lipinski definition) is 2. The summed E-state index contributed by atoms with van der Waals surface area (Å²) in [5, 5.41) is 7.13. The Balaban J connectivity index is 1.86. The molecule has 0 aromatic heterocycles. The van der Waals surface area contributed by atoms with Gasteiger partial charge in [0.05, 0.1) is 6.61 Å². The van der Waals surface area contributed by atoms with Crippen LogP contribution in [0.1, 0.15) is 20.3 Å². The molecule has 2 atom stereocenters. The number of benzene rings is 1. The topological polar surface area (TPSA) is 48.9 Å². The quantitative estimate of drug-likeness (QED) is 0.595. The number of para-hydroxylation sites is 1. The zero-order chi connectivity index (χ0) is 17.4. The average Bonchev–Trinajstić information content (AvgIpc) is 3.08. The lowest BCUT2D eigenvalue weighted by atomic mass is 10.0. The van der Waals surface area contributed by atoms with E-state index in [0.29, 0.717) is 17.9 Å². The van der Waals surface area contributed by atoms with E-state index in [0.717, 1.165) is 44.4 Å². The van der Waals surface area contributed by atoms with Crippen molar-refractivity contribution < 1.29 is 4.74 Å². The van der Waals surface area contributed by atoms with E-state index in [2.05, 4.69) is 65.7 Å². The van der Waals surface area contributed by atoms with E-state index in [4.69, 9.17) is 4.74 Å². The molecular formula is C19H32N4O. The zero-order valence-corrected chi connectivity index (χ0v) is 15.5. The maximum atomic E-state index is 5.47. The van der Waals surface area contributed by atoms with Gasteiger partial charge < -0.3 is 20.3 Å². The Morgan fingerprint density at radius 1 is 1.33 bits per heavy atom. The van der Waals surface area contributed by atoms with E-state index in [1.807, 2.05) is 13.1 Å². The minimum atomic E-state index is 0.340. The van der Waals surface area contributed by atoms with Gasteiger partial charge in [0.25, 0.3) is 0 Å². The number of ether oxygens (including phenoxy) is 1. The second-order valence-electron chi connectivity index (χ2n) is 6.90. The van der Waals surface area contributed by atoms with Crippen molar-refractivity contribution in [2.75, 3.05) is 45.7 Å². The third-order valence-corrected chi connectivity index (χ3v) is 4.54. The number of hydrogen-bond acceptors (Lipinski definition) is 3. The van der Waals surface area contributed by atoms with Crippen LogP contribution >= 0.6 is 0 Å². The van der Waals surface area contributed by atoms with Crippen molar-refractivity contribution in [1.82, 2.24) is 10.2 Å². The summed E-state index contributed by atoms with van der Waals surface area (Å²) in [7, 11) is 3.95. The Morgan fingerprint density at radius 2 is 2.08 bits per heavy atom. The molecule has 1 saturated heterocycles. The Labute approximate surface area is 146 Å². The van der Waals surface area contributed by atoms with E-state index in [1.54, 1.807) is 0 Å². The predicted octanol–water partition coefficient (Wildman–Crippen LogP) is 2.67. The van der Waals surface area contributed by atoms with E-state index >= 15 is 0 Å². The predicted molar refractivity (Wildman–Crippen MR) is 102 cm³/mol. The van der Waals surface area contributed by atoms with Crippen LogP contribution in [0.15, 0.2) is 35.3 Å². The molecule has 0 bridgehead atoms. The van der Waals surface area contributed by atoms with E-state index in [9.17, 15) is 0 Å². The molecule has 2 rings (SSSR count). The lowest BCUT2D eigenvalue weighted by Gasteiger charge is -2.28. The van der Waals surface area contributed by atoms with Gasteiger partial charge in [-0.05, 0) is 24.5 Å². The van der Waals surface area contributed by atoms with Crippen LogP contribution in [0.3, 0.4) is 0 Å². The summed E-state index contributed by atoms with van der Waals surface area (Å²) in [5.74, 6) is 2.07. The number of rotatable bonds is 7. The molecule has 2 unspecified atom stereocenters. The first-order valence-electron chi connectivity index (χ1n) is 8.91. The highest BCUT2D eigenvalue weighted by Gasteiger charge is 2.20. The Hall–Kier alpha value is -1.75. The van der Waals surface area contributed by atoms with Crippen molar-refractivity contribution in [1.29, 1.82) is 0 Å². The molecule has 0 saturated carbocycles. The molecule has 24 heavy (non-hydrogen) atoms. The summed E-state index contributed by atoms with van der Waals surface area (Å²) in [5.41, 5.74) is 1.16. The minimum Gasteiger partial charge on any atom is -0.381 e. The maximum Gasteiger partial charge on any atom is 0.193 e. The molecule has 0 radical (unpaired) electrons. The number of nitrogens with one attached hydrogen (secondary N) is 2. The monoisotopic (exact) mass is 332 g/mol. The van der Waals surface area contributed by atoms with Crippen molar-refractivity contribution in [2.45, 2.75) is 26.3 Å². The van der Waals surface area contributed by atoms with Crippen LogP contribution in [0.2, 0.25) is 0 Å². The fourth-order valence-corrected chi connectivity index (χ4v) is 2.99. The highest BCUT2D eigenvalue weighted by atomic mass is 16.5. The van der Waals surface area contributed by atoms with Crippen LogP contribution in [-0.4, -0.2) is 57.3 Å². The van der Waals surface area contributed by atoms with Gasteiger partial charge in [-0.1, -0.05) is 32.0 Å². The standard InChI is InChI=1S/C19H32N4O/c1-15(2)18(22-17-8-6-5-7-9-17)12-21-19(20-3)23(4)13-16-10-11-24-14-16/h5-9,15-16,18,22H,10-14H2,1-4H3,(H,20,21). The van der Waals surface area contributed by atoms with Gasteiger partial charge in [0.2, 0.25) is 0 Å². The largest absolute Gasteiger partial charge is 0.381 e. The lowest BCUT2D eigenvalue weighted by Crippen LogP contribution is -2.46. The number of guanidine groups is 1. The molecule has 1 aliphatic rings. The zero-order valence-electron chi connectivity index (χ0n) is 15.5. The van der Waals surface area contributed by atoms with Crippen molar-refractivity contribution >= 4 is 11.6 Å². The second-order valence-corrected chi connectivity index (χ2v) is 6.90. The second kappa shape index (κ2) is 9.52. The average molecular weight is 332 g/mol. The van der Waals surface area contributed by atoms with Gasteiger partial charge in [-0.2, -0.15) is 0 Å². The summed E-state index contributed by atoms with van der Waals surface area (Å²) in [6, 6.07) is 10.7. The van der Waals surface area contributed by atoms with Gasteiger partial charge >= 0.3 is 0 Å². The Bertz CT molecular complexity index is 497. The highest BCUT2D eigenvalue weighted by molar-refractivity contribution is 5.79. The summed E-state index contributed by atoms with van der Waals surface area (Å²) < 4.78 is 5.47. The fourth-order valence-electron chi connectivity index (χ4n) is 2.99. The smallest absolute Gasteiger partial charge is 0.193 e. The normalized spacial score (nSPS) is 19.4. The summed E-state index contributed by atoms with van der Waals surface area (Å²) >= 11 is 0. The van der Waals surface area contributed by atoms with E-state index in [-0.39, 0.29) is 0 Å². The van der Waals surface area contributed by atoms with Crippen molar-refractivity contribution in [2.24, 2.45) is 16.8 Å². The molecule has 134 valence electrons. The molecule has 5 heteroatoms. The third-order valence-electron chi connectivity index (χ3n) is 4.54. The minimum absolute atomic E-state index is 0.340. The lowest BCUT2D eigenvalue weighted by molar-refractivity contribution is 0.181. The van der Waals surface area contributed by atoms with Gasteiger partial charge in [0.1, 0.15) is 0 Å². The van der Waals surface area contributed by atoms with Crippen molar-refractivity contribution in [3.8, 4) is 0 Å². The van der Waals surface area contributed by atoms with Gasteiger partial charge in [0, 0.05) is 51.4 Å². The molecule has 1 fully saturated rings. The van der Waals surface area contributed by atoms with Crippen LogP contribution < -0.4 is 10.6 Å². The van der Waals surface area contributed by atoms with Gasteiger partial charge in [-0.15, -0.1) is 0 Å². The van der Waals surface area contributed by atoms with Crippen molar-refractivity contribution in [3.63, 3.8) is 0 Å². The van der Waals surface area contributed by atoms with Gasteiger partial charge in [-0.3, -0.25) is 4.99 Å². The van der Waals surface area contributed by atoms with Gasteiger partial charge in [-0.25, -0.2) is 0 Å². The molecule has 1 heterocycles. The molecule has 1 aliphatic heterocycles. The van der Waals surface area contributed by atoms with Crippen LogP contribution in [0.4, 0.5) is 5.69 Å². The summed E-state index contributed by atoms with van der Waals surface area (Å²) in [4.78, 5) is 6.64. The summed E-state index contributed by atoms with van der Waals surface area (Å²) in [6.07, 6.45) is 1.14. The molecular weight excluding hydrogens is 300 g/mol. The molecule has 0 spiro atoms. The van der Waals surface area contributed by atoms with Crippen LogP contribution in [0, 0.1) is 11.8 Å². The number of aliphatic imine (C=N–C) groups is 1. The maximum absolute atomic E-state index is 5.47. The first-order valence-corrected chi connectivity index (χ1v) is 8.91. The molecule has 1 aromatic rings. The first-order chi connectivity index (χ1) is 11.6.